The van der Waals surface area contributed by atoms with Crippen LogP contribution in [0.3, 0.4) is 0 Å². The number of nitrogens with one attached hydrogen (secondary N) is 3. The number of unbranched alkanes of at least 4 members (excludes halogenated alkanes) is 3. The maximum absolute atomic E-state index is 11.8. The number of amides is 3. The van der Waals surface area contributed by atoms with Gasteiger partial charge in [-0.3, -0.25) is 14.8 Å². The van der Waals surface area contributed by atoms with E-state index in [0.29, 0.717) is 25.3 Å². The standard InChI is InChI=1S/C19H25N5O2/c25-18(17-9-3-6-11-21-17)22-12-4-1-2-5-13-23-19(26)24-15-16-8-7-10-20-14-16/h3,6-11,14H,1-2,4-5,12-13,15H2,(H,22,25)(H2,23,24,26). The monoisotopic (exact) mass is 355 g/mol. The van der Waals surface area contributed by atoms with Crippen molar-refractivity contribution < 1.29 is 9.59 Å². The molecular weight excluding hydrogens is 330 g/mol. The first kappa shape index (κ1) is 19.4. The van der Waals surface area contributed by atoms with Crippen LogP contribution < -0.4 is 16.0 Å². The average Bonchev–Trinajstić information content (AvgIpc) is 2.69. The number of hydrogen-bond acceptors (Lipinski definition) is 4. The van der Waals surface area contributed by atoms with Crippen molar-refractivity contribution in [1.29, 1.82) is 0 Å². The number of nitrogens with zero attached hydrogens (tertiary/aromatic N) is 2. The normalized spacial score (nSPS) is 10.2. The summed E-state index contributed by atoms with van der Waals surface area (Å²) in [5, 5.41) is 8.48. The Morgan fingerprint density at radius 2 is 1.65 bits per heavy atom. The lowest BCUT2D eigenvalue weighted by atomic mass is 10.2. The van der Waals surface area contributed by atoms with Crippen LogP contribution >= 0.6 is 0 Å². The zero-order chi connectivity index (χ0) is 18.5. The molecule has 0 saturated carbocycles. The maximum atomic E-state index is 11.8. The first-order valence-corrected chi connectivity index (χ1v) is 8.85. The van der Waals surface area contributed by atoms with Gasteiger partial charge in [-0.25, -0.2) is 4.79 Å². The Bertz CT molecular complexity index is 664. The van der Waals surface area contributed by atoms with E-state index in [1.807, 2.05) is 12.1 Å². The fourth-order valence-corrected chi connectivity index (χ4v) is 2.34. The summed E-state index contributed by atoms with van der Waals surface area (Å²) in [6.07, 6.45) is 8.86. The molecule has 0 aliphatic heterocycles. The Labute approximate surface area is 153 Å². The predicted molar refractivity (Wildman–Crippen MR) is 99.5 cm³/mol. The van der Waals surface area contributed by atoms with Gasteiger partial charge < -0.3 is 16.0 Å². The van der Waals surface area contributed by atoms with Crippen LogP contribution in [0.4, 0.5) is 4.79 Å². The largest absolute Gasteiger partial charge is 0.351 e. The van der Waals surface area contributed by atoms with Crippen molar-refractivity contribution >= 4 is 11.9 Å². The fraction of sp³-hybridized carbons (Fsp3) is 0.368. The van der Waals surface area contributed by atoms with E-state index < -0.39 is 0 Å². The van der Waals surface area contributed by atoms with Gasteiger partial charge in [-0.1, -0.05) is 25.0 Å². The molecule has 0 atom stereocenters. The zero-order valence-electron chi connectivity index (χ0n) is 14.8. The number of aromatic nitrogens is 2. The topological polar surface area (TPSA) is 96.0 Å². The Morgan fingerprint density at radius 1 is 0.846 bits per heavy atom. The second-order valence-corrected chi connectivity index (χ2v) is 5.86. The van der Waals surface area contributed by atoms with Gasteiger partial charge >= 0.3 is 6.03 Å². The highest BCUT2D eigenvalue weighted by Gasteiger charge is 2.04. The molecule has 3 N–H and O–H groups in total. The summed E-state index contributed by atoms with van der Waals surface area (Å²) in [7, 11) is 0. The molecule has 138 valence electrons. The van der Waals surface area contributed by atoms with E-state index in [1.54, 1.807) is 36.8 Å². The smallest absolute Gasteiger partial charge is 0.315 e. The molecule has 0 saturated heterocycles. The number of pyridine rings is 2. The van der Waals surface area contributed by atoms with E-state index in [9.17, 15) is 9.59 Å². The van der Waals surface area contributed by atoms with Crippen molar-refractivity contribution in [1.82, 2.24) is 25.9 Å². The van der Waals surface area contributed by atoms with Crippen LogP contribution in [-0.2, 0) is 6.54 Å². The molecule has 2 aromatic rings. The van der Waals surface area contributed by atoms with Gasteiger partial charge in [-0.05, 0) is 36.6 Å². The lowest BCUT2D eigenvalue weighted by Crippen LogP contribution is -2.35. The number of hydrogen-bond donors (Lipinski definition) is 3. The molecule has 7 nitrogen and oxygen atoms in total. The van der Waals surface area contributed by atoms with Gasteiger partial charge in [0.25, 0.3) is 5.91 Å². The number of rotatable bonds is 10. The minimum absolute atomic E-state index is 0.141. The third kappa shape index (κ3) is 7.74. The van der Waals surface area contributed by atoms with Crippen molar-refractivity contribution in [3.05, 3.63) is 60.2 Å². The highest BCUT2D eigenvalue weighted by atomic mass is 16.2. The van der Waals surface area contributed by atoms with E-state index in [2.05, 4.69) is 25.9 Å². The average molecular weight is 355 g/mol. The molecule has 0 aromatic carbocycles. The van der Waals surface area contributed by atoms with Gasteiger partial charge in [0, 0.05) is 38.2 Å². The first-order chi connectivity index (χ1) is 12.8. The minimum Gasteiger partial charge on any atom is -0.351 e. The van der Waals surface area contributed by atoms with E-state index in [4.69, 9.17) is 0 Å². The van der Waals surface area contributed by atoms with Crippen molar-refractivity contribution in [3.63, 3.8) is 0 Å². The summed E-state index contributed by atoms with van der Waals surface area (Å²) in [6.45, 7) is 1.74. The third-order valence-electron chi connectivity index (χ3n) is 3.75. The van der Waals surface area contributed by atoms with Crippen molar-refractivity contribution in [2.24, 2.45) is 0 Å². The molecule has 0 fully saturated rings. The second-order valence-electron chi connectivity index (χ2n) is 5.86. The lowest BCUT2D eigenvalue weighted by Gasteiger charge is -2.08. The fourth-order valence-electron chi connectivity index (χ4n) is 2.34. The van der Waals surface area contributed by atoms with Gasteiger partial charge in [-0.15, -0.1) is 0 Å². The molecule has 0 aliphatic carbocycles. The lowest BCUT2D eigenvalue weighted by molar-refractivity contribution is 0.0948. The number of carbonyl (C=O) groups is 2. The minimum atomic E-state index is -0.170. The van der Waals surface area contributed by atoms with Crippen LogP contribution in [0, 0.1) is 0 Å². The zero-order valence-corrected chi connectivity index (χ0v) is 14.8. The molecule has 7 heteroatoms. The van der Waals surface area contributed by atoms with Crippen LogP contribution in [0.5, 0.6) is 0 Å². The van der Waals surface area contributed by atoms with E-state index in [-0.39, 0.29) is 11.9 Å². The summed E-state index contributed by atoms with van der Waals surface area (Å²) >= 11 is 0. The number of carbonyl (C=O) groups excluding carboxylic acids is 2. The summed E-state index contributed by atoms with van der Waals surface area (Å²) in [5.41, 5.74) is 1.41. The molecule has 3 amide bonds. The Balaban J connectivity index is 1.43. The van der Waals surface area contributed by atoms with Gasteiger partial charge in [-0.2, -0.15) is 0 Å². The van der Waals surface area contributed by atoms with Crippen molar-refractivity contribution in [2.75, 3.05) is 13.1 Å². The SMILES string of the molecule is O=C(NCCCCCCNC(=O)c1ccccn1)NCc1cccnc1. The third-order valence-corrected chi connectivity index (χ3v) is 3.75. The van der Waals surface area contributed by atoms with E-state index in [1.165, 1.54) is 0 Å². The Hall–Kier alpha value is -2.96. The molecule has 2 aromatic heterocycles. The van der Waals surface area contributed by atoms with Crippen LogP contribution in [0.1, 0.15) is 41.7 Å². The van der Waals surface area contributed by atoms with E-state index in [0.717, 1.165) is 31.2 Å². The van der Waals surface area contributed by atoms with Crippen LogP contribution in [-0.4, -0.2) is 35.0 Å². The molecule has 26 heavy (non-hydrogen) atoms. The summed E-state index contributed by atoms with van der Waals surface area (Å²) < 4.78 is 0. The summed E-state index contributed by atoms with van der Waals surface area (Å²) in [5.74, 6) is -0.141. The van der Waals surface area contributed by atoms with Gasteiger partial charge in [0.1, 0.15) is 5.69 Å². The van der Waals surface area contributed by atoms with Gasteiger partial charge in [0.15, 0.2) is 0 Å². The summed E-state index contributed by atoms with van der Waals surface area (Å²) in [6, 6.07) is 8.86. The highest BCUT2D eigenvalue weighted by Crippen LogP contribution is 1.99. The molecule has 0 radical (unpaired) electrons. The van der Waals surface area contributed by atoms with E-state index >= 15 is 0 Å². The summed E-state index contributed by atoms with van der Waals surface area (Å²) in [4.78, 5) is 31.5. The Kier molecular flexibility index (Phi) is 8.62. The molecular formula is C19H25N5O2. The molecule has 0 aliphatic rings. The van der Waals surface area contributed by atoms with Gasteiger partial charge in [0.05, 0.1) is 0 Å². The van der Waals surface area contributed by atoms with Crippen LogP contribution in [0.25, 0.3) is 0 Å². The van der Waals surface area contributed by atoms with Crippen LogP contribution in [0.2, 0.25) is 0 Å². The molecule has 0 bridgehead atoms. The quantitative estimate of drug-likeness (QED) is 0.570. The second kappa shape index (κ2) is 11.6. The van der Waals surface area contributed by atoms with Gasteiger partial charge in [0.2, 0.25) is 0 Å². The maximum Gasteiger partial charge on any atom is 0.315 e. The van der Waals surface area contributed by atoms with Crippen molar-refractivity contribution in [3.8, 4) is 0 Å². The first-order valence-electron chi connectivity index (χ1n) is 8.85. The highest BCUT2D eigenvalue weighted by molar-refractivity contribution is 5.92. The predicted octanol–water partition coefficient (Wildman–Crippen LogP) is 2.27. The number of urea groups is 1. The molecule has 0 spiro atoms. The molecule has 0 unspecified atom stereocenters. The Morgan fingerprint density at radius 3 is 2.35 bits per heavy atom. The van der Waals surface area contributed by atoms with Crippen LogP contribution in [0.15, 0.2) is 48.9 Å². The molecule has 2 heterocycles. The van der Waals surface area contributed by atoms with Crippen molar-refractivity contribution in [2.45, 2.75) is 32.2 Å². The molecule has 2 rings (SSSR count).